The van der Waals surface area contributed by atoms with E-state index in [1.54, 1.807) is 14.0 Å². The second kappa shape index (κ2) is 5.97. The maximum absolute atomic E-state index is 12.7. The molecule has 0 spiro atoms. The highest BCUT2D eigenvalue weighted by molar-refractivity contribution is 7.89. The lowest BCUT2D eigenvalue weighted by atomic mass is 10.1. The molecule has 0 aliphatic carbocycles. The summed E-state index contributed by atoms with van der Waals surface area (Å²) in [7, 11) is -2.06. The molecule has 3 N–H and O–H groups in total. The van der Waals surface area contributed by atoms with Crippen LogP contribution in [0.3, 0.4) is 0 Å². The zero-order chi connectivity index (χ0) is 15.6. The van der Waals surface area contributed by atoms with Crippen LogP contribution in [-0.2, 0) is 23.1 Å². The summed E-state index contributed by atoms with van der Waals surface area (Å²) in [5.74, 6) is 0. The standard InChI is InChI=1S/C14H20N4O2S/c1-10-5-4-6-12(7-10)9-18(3)21(19,20)14-11(2)16-17-13(14)8-15/h4-7H,8-9,15H2,1-3H3,(H,16,17). The molecule has 0 amide bonds. The van der Waals surface area contributed by atoms with Crippen molar-refractivity contribution in [3.8, 4) is 0 Å². The van der Waals surface area contributed by atoms with Crippen molar-refractivity contribution < 1.29 is 8.42 Å². The number of aryl methyl sites for hydroxylation is 2. The molecule has 1 aromatic heterocycles. The lowest BCUT2D eigenvalue weighted by Gasteiger charge is -2.18. The molecule has 0 bridgehead atoms. The van der Waals surface area contributed by atoms with Crippen molar-refractivity contribution in [3.05, 3.63) is 46.8 Å². The van der Waals surface area contributed by atoms with Crippen LogP contribution in [0.4, 0.5) is 0 Å². The van der Waals surface area contributed by atoms with Crippen LogP contribution in [0.2, 0.25) is 0 Å². The van der Waals surface area contributed by atoms with E-state index in [0.29, 0.717) is 17.9 Å². The minimum atomic E-state index is -3.62. The lowest BCUT2D eigenvalue weighted by molar-refractivity contribution is 0.465. The number of hydrogen-bond acceptors (Lipinski definition) is 4. The van der Waals surface area contributed by atoms with Crippen LogP contribution in [0.15, 0.2) is 29.2 Å². The fraction of sp³-hybridized carbons (Fsp3) is 0.357. The van der Waals surface area contributed by atoms with Crippen LogP contribution in [0.25, 0.3) is 0 Å². The van der Waals surface area contributed by atoms with Gasteiger partial charge in [-0.1, -0.05) is 29.8 Å². The summed E-state index contributed by atoms with van der Waals surface area (Å²) in [5, 5.41) is 6.63. The SMILES string of the molecule is Cc1cccc(CN(C)S(=O)(=O)c2c(CN)n[nH]c2C)c1. The predicted molar refractivity (Wildman–Crippen MR) is 81.0 cm³/mol. The minimum Gasteiger partial charge on any atom is -0.325 e. The first-order chi connectivity index (χ1) is 9.86. The molecule has 1 heterocycles. The van der Waals surface area contributed by atoms with E-state index in [9.17, 15) is 8.42 Å². The van der Waals surface area contributed by atoms with Gasteiger partial charge in [0.15, 0.2) is 0 Å². The topological polar surface area (TPSA) is 92.1 Å². The van der Waals surface area contributed by atoms with Crippen LogP contribution in [0, 0.1) is 13.8 Å². The molecule has 21 heavy (non-hydrogen) atoms. The van der Waals surface area contributed by atoms with Crippen LogP contribution in [-0.4, -0.2) is 30.0 Å². The van der Waals surface area contributed by atoms with E-state index in [1.165, 1.54) is 4.31 Å². The lowest BCUT2D eigenvalue weighted by Crippen LogP contribution is -2.28. The van der Waals surface area contributed by atoms with Gasteiger partial charge in [0.1, 0.15) is 4.90 Å². The van der Waals surface area contributed by atoms with Crippen molar-refractivity contribution in [2.24, 2.45) is 5.73 Å². The number of nitrogens with two attached hydrogens (primary N) is 1. The third-order valence-corrected chi connectivity index (χ3v) is 5.32. The summed E-state index contributed by atoms with van der Waals surface area (Å²) in [6.07, 6.45) is 0. The molecule has 0 aliphatic rings. The third-order valence-electron chi connectivity index (χ3n) is 3.31. The number of H-pyrrole nitrogens is 1. The van der Waals surface area contributed by atoms with E-state index in [0.717, 1.165) is 11.1 Å². The summed E-state index contributed by atoms with van der Waals surface area (Å²) in [4.78, 5) is 0.181. The normalized spacial score (nSPS) is 12.0. The minimum absolute atomic E-state index is 0.0805. The molecule has 0 unspecified atom stereocenters. The summed E-state index contributed by atoms with van der Waals surface area (Å²) >= 11 is 0. The van der Waals surface area contributed by atoms with Crippen molar-refractivity contribution >= 4 is 10.0 Å². The number of nitrogens with zero attached hydrogens (tertiary/aromatic N) is 2. The first kappa shape index (κ1) is 15.7. The molecular formula is C14H20N4O2S. The summed E-state index contributed by atoms with van der Waals surface area (Å²) in [5.41, 5.74) is 8.48. The summed E-state index contributed by atoms with van der Waals surface area (Å²) in [6.45, 7) is 4.04. The van der Waals surface area contributed by atoms with Crippen LogP contribution < -0.4 is 5.73 Å². The van der Waals surface area contributed by atoms with Gasteiger partial charge >= 0.3 is 0 Å². The van der Waals surface area contributed by atoms with Crippen molar-refractivity contribution in [3.63, 3.8) is 0 Å². The number of hydrogen-bond donors (Lipinski definition) is 2. The van der Waals surface area contributed by atoms with E-state index in [2.05, 4.69) is 10.2 Å². The van der Waals surface area contributed by atoms with Crippen molar-refractivity contribution in [1.82, 2.24) is 14.5 Å². The average Bonchev–Trinajstić information content (AvgIpc) is 2.80. The maximum atomic E-state index is 12.7. The van der Waals surface area contributed by atoms with Gasteiger partial charge in [0.25, 0.3) is 0 Å². The van der Waals surface area contributed by atoms with E-state index in [-0.39, 0.29) is 11.4 Å². The third kappa shape index (κ3) is 3.15. The van der Waals surface area contributed by atoms with Gasteiger partial charge < -0.3 is 5.73 Å². The first-order valence-electron chi connectivity index (χ1n) is 6.62. The van der Waals surface area contributed by atoms with Gasteiger partial charge in [-0.05, 0) is 19.4 Å². The molecule has 0 fully saturated rings. The predicted octanol–water partition coefficient (Wildman–Crippen LogP) is 1.31. The Morgan fingerprint density at radius 2 is 2.05 bits per heavy atom. The highest BCUT2D eigenvalue weighted by Gasteiger charge is 2.28. The smallest absolute Gasteiger partial charge is 0.246 e. The van der Waals surface area contributed by atoms with Gasteiger partial charge in [0.2, 0.25) is 10.0 Å². The molecule has 0 aliphatic heterocycles. The quantitative estimate of drug-likeness (QED) is 0.871. The molecule has 6 nitrogen and oxygen atoms in total. The number of nitrogens with one attached hydrogen (secondary N) is 1. The fourth-order valence-electron chi connectivity index (χ4n) is 2.26. The molecular weight excluding hydrogens is 288 g/mol. The molecule has 0 saturated heterocycles. The van der Waals surface area contributed by atoms with Gasteiger partial charge in [-0.3, -0.25) is 5.10 Å². The van der Waals surface area contributed by atoms with Gasteiger partial charge in [-0.25, -0.2) is 8.42 Å². The zero-order valence-electron chi connectivity index (χ0n) is 12.4. The fourth-order valence-corrected chi connectivity index (χ4v) is 3.75. The van der Waals surface area contributed by atoms with Gasteiger partial charge in [-0.2, -0.15) is 9.40 Å². The molecule has 0 radical (unpaired) electrons. The molecule has 1 aromatic carbocycles. The second-order valence-electron chi connectivity index (χ2n) is 5.08. The molecule has 0 atom stereocenters. The Labute approximate surface area is 125 Å². The van der Waals surface area contributed by atoms with E-state index in [4.69, 9.17) is 5.73 Å². The number of aromatic amines is 1. The Morgan fingerprint density at radius 3 is 2.67 bits per heavy atom. The number of rotatable bonds is 5. The average molecular weight is 308 g/mol. The highest BCUT2D eigenvalue weighted by Crippen LogP contribution is 2.22. The number of aromatic nitrogens is 2. The monoisotopic (exact) mass is 308 g/mol. The van der Waals surface area contributed by atoms with Gasteiger partial charge in [0, 0.05) is 20.1 Å². The molecule has 2 aromatic rings. The van der Waals surface area contributed by atoms with Crippen LogP contribution >= 0.6 is 0 Å². The van der Waals surface area contributed by atoms with Crippen molar-refractivity contribution in [2.45, 2.75) is 31.8 Å². The first-order valence-corrected chi connectivity index (χ1v) is 8.06. The molecule has 114 valence electrons. The number of sulfonamides is 1. The van der Waals surface area contributed by atoms with Crippen LogP contribution in [0.1, 0.15) is 22.5 Å². The Bertz CT molecular complexity index is 737. The van der Waals surface area contributed by atoms with E-state index < -0.39 is 10.0 Å². The Kier molecular flexibility index (Phi) is 4.46. The second-order valence-corrected chi connectivity index (χ2v) is 7.06. The van der Waals surface area contributed by atoms with Crippen molar-refractivity contribution in [2.75, 3.05) is 7.05 Å². The summed E-state index contributed by atoms with van der Waals surface area (Å²) in [6, 6.07) is 7.77. The molecule has 2 rings (SSSR count). The van der Waals surface area contributed by atoms with E-state index >= 15 is 0 Å². The Balaban J connectivity index is 2.33. The Hall–Kier alpha value is -1.70. The van der Waals surface area contributed by atoms with Crippen molar-refractivity contribution in [1.29, 1.82) is 0 Å². The highest BCUT2D eigenvalue weighted by atomic mass is 32.2. The number of benzene rings is 1. The van der Waals surface area contributed by atoms with Gasteiger partial charge in [0.05, 0.1) is 11.4 Å². The molecule has 7 heteroatoms. The van der Waals surface area contributed by atoms with Crippen LogP contribution in [0.5, 0.6) is 0 Å². The summed E-state index contributed by atoms with van der Waals surface area (Å²) < 4.78 is 26.7. The molecule has 0 saturated carbocycles. The Morgan fingerprint density at radius 1 is 1.33 bits per heavy atom. The largest absolute Gasteiger partial charge is 0.325 e. The zero-order valence-corrected chi connectivity index (χ0v) is 13.2. The van der Waals surface area contributed by atoms with Gasteiger partial charge in [-0.15, -0.1) is 0 Å². The maximum Gasteiger partial charge on any atom is 0.246 e. The van der Waals surface area contributed by atoms with E-state index in [1.807, 2.05) is 31.2 Å².